The van der Waals surface area contributed by atoms with Gasteiger partial charge in [-0.1, -0.05) is 20.8 Å². The third-order valence-electron chi connectivity index (χ3n) is 1.89. The summed E-state index contributed by atoms with van der Waals surface area (Å²) in [6.07, 6.45) is 0.871. The van der Waals surface area contributed by atoms with Crippen LogP contribution in [-0.2, 0) is 14.4 Å². The average molecular weight is 187 g/mol. The summed E-state index contributed by atoms with van der Waals surface area (Å²) in [6, 6.07) is 0. The zero-order valence-corrected chi connectivity index (χ0v) is 8.42. The Labute approximate surface area is 78.5 Å². The Kier molecular flexibility index (Phi) is 3.27. The van der Waals surface area contributed by atoms with Gasteiger partial charge in [0.15, 0.2) is 0 Å². The Bertz CT molecular complexity index is 180. The summed E-state index contributed by atoms with van der Waals surface area (Å²) in [6.45, 7) is 6.82. The van der Waals surface area contributed by atoms with Gasteiger partial charge < -0.3 is 4.74 Å². The number of hydroxylamine groups is 1. The molecular weight excluding hydrogens is 170 g/mol. The van der Waals surface area contributed by atoms with E-state index in [4.69, 9.17) is 9.57 Å². The van der Waals surface area contributed by atoms with E-state index in [0.717, 1.165) is 13.0 Å². The maximum Gasteiger partial charge on any atom is 0.248 e. The second-order valence-corrected chi connectivity index (χ2v) is 4.28. The number of carbonyl (C=O) groups is 1. The van der Waals surface area contributed by atoms with Crippen LogP contribution >= 0.6 is 0 Å². The molecular formula is C9H17NO3. The molecule has 0 bridgehead atoms. The van der Waals surface area contributed by atoms with Crippen LogP contribution in [0.1, 0.15) is 27.2 Å². The van der Waals surface area contributed by atoms with Gasteiger partial charge in [-0.3, -0.25) is 9.63 Å². The van der Waals surface area contributed by atoms with E-state index in [0.29, 0.717) is 6.61 Å². The first kappa shape index (κ1) is 10.5. The summed E-state index contributed by atoms with van der Waals surface area (Å²) in [5.41, 5.74) is 2.04. The van der Waals surface area contributed by atoms with Gasteiger partial charge in [-0.15, -0.1) is 0 Å². The third kappa shape index (κ3) is 3.32. The molecule has 1 heterocycles. The minimum atomic E-state index is -0.403. The Morgan fingerprint density at radius 1 is 1.54 bits per heavy atom. The minimum Gasteiger partial charge on any atom is -0.379 e. The number of hydrogen-bond donors (Lipinski definition) is 1. The van der Waals surface area contributed by atoms with Crippen LogP contribution < -0.4 is 5.48 Å². The van der Waals surface area contributed by atoms with Crippen LogP contribution in [0.4, 0.5) is 0 Å². The monoisotopic (exact) mass is 187 g/mol. The molecule has 1 unspecified atom stereocenters. The lowest BCUT2D eigenvalue weighted by molar-refractivity contribution is -0.146. The second-order valence-electron chi connectivity index (χ2n) is 4.28. The molecule has 4 nitrogen and oxygen atoms in total. The molecule has 13 heavy (non-hydrogen) atoms. The number of ether oxygens (including phenoxy) is 1. The van der Waals surface area contributed by atoms with Crippen molar-refractivity contribution in [1.29, 1.82) is 0 Å². The van der Waals surface area contributed by atoms with E-state index < -0.39 is 5.41 Å². The summed E-state index contributed by atoms with van der Waals surface area (Å²) in [4.78, 5) is 16.5. The van der Waals surface area contributed by atoms with Gasteiger partial charge in [-0.05, 0) is 0 Å². The first-order valence-corrected chi connectivity index (χ1v) is 4.54. The molecule has 0 aromatic carbocycles. The van der Waals surface area contributed by atoms with Crippen LogP contribution in [0.25, 0.3) is 0 Å². The largest absolute Gasteiger partial charge is 0.379 e. The summed E-state index contributed by atoms with van der Waals surface area (Å²) in [5, 5.41) is 0. The fourth-order valence-corrected chi connectivity index (χ4v) is 0.896. The zero-order chi connectivity index (χ0) is 9.90. The molecule has 1 fully saturated rings. The molecule has 1 aliphatic rings. The van der Waals surface area contributed by atoms with E-state index >= 15 is 0 Å². The molecule has 1 rings (SSSR count). The van der Waals surface area contributed by atoms with Crippen molar-refractivity contribution in [2.24, 2.45) is 5.41 Å². The maximum absolute atomic E-state index is 11.3. The Morgan fingerprint density at radius 2 is 2.23 bits per heavy atom. The highest BCUT2D eigenvalue weighted by atomic mass is 16.7. The van der Waals surface area contributed by atoms with Crippen LogP contribution in [0, 0.1) is 5.41 Å². The lowest BCUT2D eigenvalue weighted by atomic mass is 9.96. The van der Waals surface area contributed by atoms with Gasteiger partial charge >= 0.3 is 0 Å². The summed E-state index contributed by atoms with van der Waals surface area (Å²) in [7, 11) is 0. The number of hydrogen-bond acceptors (Lipinski definition) is 3. The van der Waals surface area contributed by atoms with E-state index in [1.807, 2.05) is 20.8 Å². The molecule has 0 saturated carbocycles. The van der Waals surface area contributed by atoms with Crippen molar-refractivity contribution in [3.63, 3.8) is 0 Å². The van der Waals surface area contributed by atoms with Gasteiger partial charge in [0.25, 0.3) is 0 Å². The molecule has 1 N–H and O–H groups in total. The average Bonchev–Trinajstić information content (AvgIpc) is 2.50. The molecule has 1 atom stereocenters. The fourth-order valence-electron chi connectivity index (χ4n) is 0.896. The van der Waals surface area contributed by atoms with Crippen LogP contribution in [0.3, 0.4) is 0 Å². The number of nitrogens with one attached hydrogen (secondary N) is 1. The zero-order valence-electron chi connectivity index (χ0n) is 8.42. The van der Waals surface area contributed by atoms with Crippen LogP contribution in [-0.4, -0.2) is 25.2 Å². The number of rotatable bonds is 2. The smallest absolute Gasteiger partial charge is 0.248 e. The Hall–Kier alpha value is -0.610. The number of carbonyl (C=O) groups excluding carboxylic acids is 1. The lowest BCUT2D eigenvalue weighted by Gasteiger charge is -2.18. The molecule has 0 aliphatic carbocycles. The van der Waals surface area contributed by atoms with Crippen LogP contribution in [0.5, 0.6) is 0 Å². The van der Waals surface area contributed by atoms with Crippen molar-refractivity contribution in [2.45, 2.75) is 33.3 Å². The molecule has 0 aromatic heterocycles. The first-order valence-electron chi connectivity index (χ1n) is 4.54. The maximum atomic E-state index is 11.3. The highest BCUT2D eigenvalue weighted by molar-refractivity contribution is 5.80. The summed E-state index contributed by atoms with van der Waals surface area (Å²) >= 11 is 0. The third-order valence-corrected chi connectivity index (χ3v) is 1.89. The van der Waals surface area contributed by atoms with Gasteiger partial charge in [0.05, 0.1) is 6.61 Å². The SMILES string of the molecule is CC(C)(C)C(=O)NOC1CCOC1. The molecule has 76 valence electrons. The van der Waals surface area contributed by atoms with Gasteiger partial charge in [-0.2, -0.15) is 0 Å². The minimum absolute atomic E-state index is 0.0197. The predicted molar refractivity (Wildman–Crippen MR) is 47.9 cm³/mol. The standard InChI is InChI=1S/C9H17NO3/c1-9(2,3)8(11)10-13-7-4-5-12-6-7/h7H,4-6H2,1-3H3,(H,10,11). The summed E-state index contributed by atoms with van der Waals surface area (Å²) < 4.78 is 5.10. The van der Waals surface area contributed by atoms with Crippen molar-refractivity contribution in [3.8, 4) is 0 Å². The highest BCUT2D eigenvalue weighted by Gasteiger charge is 2.23. The van der Waals surface area contributed by atoms with Gasteiger partial charge in [0, 0.05) is 18.4 Å². The van der Waals surface area contributed by atoms with Crippen molar-refractivity contribution in [2.75, 3.05) is 13.2 Å². The van der Waals surface area contributed by atoms with E-state index in [1.165, 1.54) is 0 Å². The van der Waals surface area contributed by atoms with Gasteiger partial charge in [-0.25, -0.2) is 5.48 Å². The summed E-state index contributed by atoms with van der Waals surface area (Å²) in [5.74, 6) is -0.0978. The molecule has 1 aliphatic heterocycles. The van der Waals surface area contributed by atoms with Gasteiger partial charge in [0.1, 0.15) is 6.10 Å². The predicted octanol–water partition coefficient (Wildman–Crippen LogP) is 0.869. The van der Waals surface area contributed by atoms with E-state index in [9.17, 15) is 4.79 Å². The fraction of sp³-hybridized carbons (Fsp3) is 0.889. The molecule has 4 heteroatoms. The molecule has 0 aromatic rings. The number of amides is 1. The van der Waals surface area contributed by atoms with Crippen LogP contribution in [0.15, 0.2) is 0 Å². The van der Waals surface area contributed by atoms with Crippen LogP contribution in [0.2, 0.25) is 0 Å². The van der Waals surface area contributed by atoms with Crippen molar-refractivity contribution < 1.29 is 14.4 Å². The second kappa shape index (κ2) is 4.07. The first-order chi connectivity index (χ1) is 6.00. The van der Waals surface area contributed by atoms with E-state index in [2.05, 4.69) is 5.48 Å². The Morgan fingerprint density at radius 3 is 2.69 bits per heavy atom. The lowest BCUT2D eigenvalue weighted by Crippen LogP contribution is -2.37. The molecule has 0 radical (unpaired) electrons. The van der Waals surface area contributed by atoms with E-state index in [-0.39, 0.29) is 12.0 Å². The topological polar surface area (TPSA) is 47.6 Å². The normalized spacial score (nSPS) is 23.2. The highest BCUT2D eigenvalue weighted by Crippen LogP contribution is 2.13. The van der Waals surface area contributed by atoms with Crippen molar-refractivity contribution >= 4 is 5.91 Å². The quantitative estimate of drug-likeness (QED) is 0.652. The Balaban J connectivity index is 2.22. The van der Waals surface area contributed by atoms with E-state index in [1.54, 1.807) is 0 Å². The molecule has 1 saturated heterocycles. The van der Waals surface area contributed by atoms with Crippen molar-refractivity contribution in [3.05, 3.63) is 0 Å². The van der Waals surface area contributed by atoms with Crippen molar-refractivity contribution in [1.82, 2.24) is 5.48 Å². The molecule has 1 amide bonds. The van der Waals surface area contributed by atoms with Gasteiger partial charge in [0.2, 0.25) is 5.91 Å². The molecule has 0 spiro atoms.